The molecular weight excluding hydrogens is 408 g/mol. The van der Waals surface area contributed by atoms with Crippen LogP contribution < -0.4 is 14.8 Å². The molecule has 0 spiro atoms. The summed E-state index contributed by atoms with van der Waals surface area (Å²) in [6, 6.07) is 15.7. The summed E-state index contributed by atoms with van der Waals surface area (Å²) in [7, 11) is 0. The Labute approximate surface area is 186 Å². The molecule has 31 heavy (non-hydrogen) atoms. The Morgan fingerprint density at radius 3 is 2.68 bits per heavy atom. The van der Waals surface area contributed by atoms with Crippen LogP contribution in [-0.2, 0) is 12.8 Å². The van der Waals surface area contributed by atoms with Crippen molar-refractivity contribution in [2.24, 2.45) is 0 Å². The van der Waals surface area contributed by atoms with Crippen molar-refractivity contribution in [1.29, 1.82) is 0 Å². The largest absolute Gasteiger partial charge is 0.486 e. The number of anilines is 1. The van der Waals surface area contributed by atoms with Gasteiger partial charge in [-0.05, 0) is 48.6 Å². The molecular formula is C25H26N2O3S. The van der Waals surface area contributed by atoms with Gasteiger partial charge in [-0.1, -0.05) is 37.3 Å². The third-order valence-corrected chi connectivity index (χ3v) is 7.28. The molecule has 0 aliphatic carbocycles. The van der Waals surface area contributed by atoms with Crippen LogP contribution in [-0.4, -0.2) is 30.7 Å². The van der Waals surface area contributed by atoms with E-state index in [2.05, 4.69) is 31.3 Å². The van der Waals surface area contributed by atoms with Gasteiger partial charge in [0.25, 0.3) is 0 Å². The highest BCUT2D eigenvalue weighted by molar-refractivity contribution is 7.12. The fourth-order valence-electron chi connectivity index (χ4n) is 4.61. The van der Waals surface area contributed by atoms with Crippen LogP contribution in [0.4, 0.5) is 10.5 Å². The number of benzene rings is 2. The Kier molecular flexibility index (Phi) is 5.32. The second-order valence-corrected chi connectivity index (χ2v) is 9.13. The van der Waals surface area contributed by atoms with Gasteiger partial charge in [0.2, 0.25) is 0 Å². The van der Waals surface area contributed by atoms with Crippen molar-refractivity contribution < 1.29 is 14.3 Å². The lowest BCUT2D eigenvalue weighted by Gasteiger charge is -2.36. The van der Waals surface area contributed by atoms with E-state index in [1.165, 1.54) is 20.9 Å². The van der Waals surface area contributed by atoms with Crippen LogP contribution in [0.5, 0.6) is 11.5 Å². The number of hydrogen-bond donors (Lipinski definition) is 1. The number of rotatable bonds is 3. The van der Waals surface area contributed by atoms with E-state index >= 15 is 0 Å². The molecule has 5 rings (SSSR count). The van der Waals surface area contributed by atoms with Gasteiger partial charge in [-0.15, -0.1) is 11.3 Å². The molecule has 2 aliphatic rings. The summed E-state index contributed by atoms with van der Waals surface area (Å²) in [5, 5.41) is 3.08. The molecule has 2 aromatic carbocycles. The average molecular weight is 435 g/mol. The zero-order valence-electron chi connectivity index (χ0n) is 17.8. The molecule has 1 N–H and O–H groups in total. The summed E-state index contributed by atoms with van der Waals surface area (Å²) < 4.78 is 11.3. The summed E-state index contributed by atoms with van der Waals surface area (Å²) in [6.45, 7) is 6.17. The van der Waals surface area contributed by atoms with Crippen LogP contribution >= 0.6 is 11.3 Å². The monoisotopic (exact) mass is 434 g/mol. The molecule has 2 aliphatic heterocycles. The first-order valence-corrected chi connectivity index (χ1v) is 11.6. The van der Waals surface area contributed by atoms with Crippen molar-refractivity contribution in [2.75, 3.05) is 25.1 Å². The predicted molar refractivity (Wildman–Crippen MR) is 124 cm³/mol. The number of carbonyl (C=O) groups excluding carboxylic acids is 1. The maximum atomic E-state index is 13.4. The summed E-state index contributed by atoms with van der Waals surface area (Å²) in [5.41, 5.74) is 4.74. The lowest BCUT2D eigenvalue weighted by molar-refractivity contribution is 0.171. The Morgan fingerprint density at radius 2 is 1.90 bits per heavy atom. The number of urea groups is 1. The summed E-state index contributed by atoms with van der Waals surface area (Å²) in [5.74, 6) is 1.39. The molecule has 2 amide bonds. The second kappa shape index (κ2) is 8.27. The number of thiophene rings is 1. The third-order valence-electron chi connectivity index (χ3n) is 6.04. The molecule has 0 fully saturated rings. The molecule has 160 valence electrons. The van der Waals surface area contributed by atoms with Crippen molar-refractivity contribution in [3.8, 4) is 11.5 Å². The molecule has 1 atom stereocenters. The first kappa shape index (κ1) is 19.9. The molecule has 0 saturated carbocycles. The minimum Gasteiger partial charge on any atom is -0.486 e. The van der Waals surface area contributed by atoms with E-state index in [4.69, 9.17) is 9.47 Å². The van der Waals surface area contributed by atoms with E-state index in [-0.39, 0.29) is 12.1 Å². The Balaban J connectivity index is 1.47. The predicted octanol–water partition coefficient (Wildman–Crippen LogP) is 5.57. The molecule has 6 heteroatoms. The van der Waals surface area contributed by atoms with Crippen molar-refractivity contribution in [1.82, 2.24) is 4.90 Å². The third kappa shape index (κ3) is 3.65. The number of hydrogen-bond acceptors (Lipinski definition) is 4. The second-order valence-electron chi connectivity index (χ2n) is 7.88. The molecule has 0 bridgehead atoms. The van der Waals surface area contributed by atoms with Crippen molar-refractivity contribution >= 4 is 23.1 Å². The summed E-state index contributed by atoms with van der Waals surface area (Å²) in [6.07, 6.45) is 1.92. The van der Waals surface area contributed by atoms with Gasteiger partial charge in [-0.2, -0.15) is 0 Å². The fraction of sp³-hybridized carbons (Fsp3) is 0.320. The first-order chi connectivity index (χ1) is 15.2. The van der Waals surface area contributed by atoms with Gasteiger partial charge in [0, 0.05) is 28.1 Å². The standard InChI is InChI=1S/C25H26N2O3S/c1-3-19-16(2)31-24-20(19)11-12-27(23(24)17-7-5-4-6-8-17)25(28)26-18-9-10-21-22(15-18)30-14-13-29-21/h4-10,15,23H,3,11-14H2,1-2H3,(H,26,28)/t23-/m1/s1. The summed E-state index contributed by atoms with van der Waals surface area (Å²) >= 11 is 1.83. The van der Waals surface area contributed by atoms with Gasteiger partial charge in [0.15, 0.2) is 11.5 Å². The SMILES string of the molecule is CCc1c(C)sc2c1CCN(C(=O)Nc1ccc3c(c1)OCCO3)[C@@H]2c1ccccc1. The minimum atomic E-state index is -0.0970. The molecule has 3 aromatic rings. The highest BCUT2D eigenvalue weighted by atomic mass is 32.1. The van der Waals surface area contributed by atoms with Crippen LogP contribution in [0.25, 0.3) is 0 Å². The van der Waals surface area contributed by atoms with Crippen molar-refractivity contribution in [3.63, 3.8) is 0 Å². The van der Waals surface area contributed by atoms with Gasteiger partial charge in [-0.3, -0.25) is 0 Å². The Hall–Kier alpha value is -2.99. The quantitative estimate of drug-likeness (QED) is 0.586. The van der Waals surface area contributed by atoms with E-state index in [9.17, 15) is 4.79 Å². The summed E-state index contributed by atoms with van der Waals surface area (Å²) in [4.78, 5) is 18.1. The zero-order chi connectivity index (χ0) is 21.4. The minimum absolute atomic E-state index is 0.0776. The van der Waals surface area contributed by atoms with E-state index in [0.717, 1.165) is 24.2 Å². The molecule has 0 saturated heterocycles. The maximum absolute atomic E-state index is 13.4. The van der Waals surface area contributed by atoms with Gasteiger partial charge < -0.3 is 19.7 Å². The van der Waals surface area contributed by atoms with Gasteiger partial charge in [0.1, 0.15) is 13.2 Å². The Morgan fingerprint density at radius 1 is 1.13 bits per heavy atom. The smallest absolute Gasteiger partial charge is 0.322 e. The van der Waals surface area contributed by atoms with Crippen molar-refractivity contribution in [3.05, 3.63) is 75.0 Å². The van der Waals surface area contributed by atoms with Gasteiger partial charge >= 0.3 is 6.03 Å². The number of nitrogens with one attached hydrogen (secondary N) is 1. The molecule has 0 radical (unpaired) electrons. The van der Waals surface area contributed by atoms with E-state index in [1.807, 2.05) is 52.6 Å². The lowest BCUT2D eigenvalue weighted by atomic mass is 9.92. The number of nitrogens with zero attached hydrogens (tertiary/aromatic N) is 1. The van der Waals surface area contributed by atoms with Crippen LogP contribution in [0.2, 0.25) is 0 Å². The topological polar surface area (TPSA) is 50.8 Å². The average Bonchev–Trinajstić information content (AvgIpc) is 3.13. The van der Waals surface area contributed by atoms with Crippen LogP contribution in [0, 0.1) is 6.92 Å². The van der Waals surface area contributed by atoms with E-state index in [0.29, 0.717) is 31.2 Å². The number of fused-ring (bicyclic) bond motifs is 2. The van der Waals surface area contributed by atoms with E-state index < -0.39 is 0 Å². The highest BCUT2D eigenvalue weighted by Gasteiger charge is 2.35. The fourth-order valence-corrected chi connectivity index (χ4v) is 6.06. The number of aryl methyl sites for hydroxylation is 1. The highest BCUT2D eigenvalue weighted by Crippen LogP contribution is 2.43. The number of amides is 2. The first-order valence-electron chi connectivity index (χ1n) is 10.8. The number of ether oxygens (including phenoxy) is 2. The molecule has 5 nitrogen and oxygen atoms in total. The van der Waals surface area contributed by atoms with E-state index in [1.54, 1.807) is 0 Å². The van der Waals surface area contributed by atoms with Gasteiger partial charge in [0.05, 0.1) is 6.04 Å². The normalized spacial score (nSPS) is 17.2. The Bertz CT molecular complexity index is 1110. The lowest BCUT2D eigenvalue weighted by Crippen LogP contribution is -2.42. The molecule has 3 heterocycles. The van der Waals surface area contributed by atoms with Crippen molar-refractivity contribution in [2.45, 2.75) is 32.7 Å². The van der Waals surface area contributed by atoms with Crippen LogP contribution in [0.3, 0.4) is 0 Å². The van der Waals surface area contributed by atoms with Crippen LogP contribution in [0.15, 0.2) is 48.5 Å². The molecule has 1 aromatic heterocycles. The maximum Gasteiger partial charge on any atom is 0.322 e. The van der Waals surface area contributed by atoms with Crippen LogP contribution in [0.1, 0.15) is 39.4 Å². The zero-order valence-corrected chi connectivity index (χ0v) is 18.6. The number of carbonyl (C=O) groups is 1. The van der Waals surface area contributed by atoms with Gasteiger partial charge in [-0.25, -0.2) is 4.79 Å². The molecule has 0 unspecified atom stereocenters.